The van der Waals surface area contributed by atoms with Crippen LogP contribution in [0.25, 0.3) is 0 Å². The van der Waals surface area contributed by atoms with E-state index < -0.39 is 5.97 Å². The Morgan fingerprint density at radius 2 is 2.28 bits per heavy atom. The smallest absolute Gasteiger partial charge is 0.343 e. The number of nitrogens with two attached hydrogens (primary N) is 1. The number of aromatic carboxylic acids is 1. The molecule has 0 aliphatic rings. The number of hydrogen-bond acceptors (Lipinski definition) is 5. The summed E-state index contributed by atoms with van der Waals surface area (Å²) in [6.45, 7) is 0. The van der Waals surface area contributed by atoms with Gasteiger partial charge in [-0.05, 0) is 30.0 Å². The maximum Gasteiger partial charge on any atom is 0.343 e. The van der Waals surface area contributed by atoms with Gasteiger partial charge in [-0.15, -0.1) is 5.10 Å². The van der Waals surface area contributed by atoms with Crippen molar-refractivity contribution in [2.75, 3.05) is 5.73 Å². The minimum atomic E-state index is -1.04. The number of aromatic nitrogens is 3. The lowest BCUT2D eigenvalue weighted by atomic mass is 10.2. The Bertz CT molecular complexity index is 661. The first-order valence-electron chi connectivity index (χ1n) is 4.91. The summed E-state index contributed by atoms with van der Waals surface area (Å²) < 4.78 is 1.34. The Kier molecular flexibility index (Phi) is 3.11. The number of rotatable bonds is 3. The van der Waals surface area contributed by atoms with E-state index in [1.165, 1.54) is 28.5 Å². The van der Waals surface area contributed by atoms with Crippen LogP contribution in [-0.2, 0) is 7.05 Å². The van der Waals surface area contributed by atoms with E-state index in [0.29, 0.717) is 15.7 Å². The predicted octanol–water partition coefficient (Wildman–Crippen LogP) is 0.540. The highest BCUT2D eigenvalue weighted by molar-refractivity contribution is 7.99. The first-order chi connectivity index (χ1) is 8.49. The second-order valence-corrected chi connectivity index (χ2v) is 4.54. The number of nitrogens with zero attached hydrogens (tertiary/aromatic N) is 2. The molecular weight excluding hydrogens is 256 g/mol. The third-order valence-corrected chi connectivity index (χ3v) is 3.44. The highest BCUT2D eigenvalue weighted by atomic mass is 32.2. The lowest BCUT2D eigenvalue weighted by molar-refractivity contribution is 0.0697. The minimum Gasteiger partial charge on any atom is -0.478 e. The molecule has 2 aromatic rings. The maximum atomic E-state index is 11.2. The monoisotopic (exact) mass is 266 g/mol. The molecule has 0 spiro atoms. The molecule has 0 fully saturated rings. The number of carboxylic acids is 1. The second kappa shape index (κ2) is 4.57. The number of nitrogens with one attached hydrogen (secondary N) is 1. The van der Waals surface area contributed by atoms with Gasteiger partial charge in [-0.25, -0.2) is 14.7 Å². The van der Waals surface area contributed by atoms with Crippen LogP contribution in [0.4, 0.5) is 5.69 Å². The van der Waals surface area contributed by atoms with Crippen LogP contribution >= 0.6 is 11.8 Å². The van der Waals surface area contributed by atoms with Gasteiger partial charge in [-0.3, -0.25) is 4.57 Å². The van der Waals surface area contributed by atoms with E-state index in [1.807, 2.05) is 0 Å². The Hall–Kier alpha value is -2.22. The van der Waals surface area contributed by atoms with Crippen molar-refractivity contribution in [3.8, 4) is 0 Å². The normalized spacial score (nSPS) is 10.5. The first kappa shape index (κ1) is 12.2. The fourth-order valence-electron chi connectivity index (χ4n) is 1.30. The van der Waals surface area contributed by atoms with Gasteiger partial charge in [0.05, 0.1) is 5.56 Å². The fourth-order valence-corrected chi connectivity index (χ4v) is 2.12. The van der Waals surface area contributed by atoms with Crippen LogP contribution in [0, 0.1) is 0 Å². The number of anilines is 1. The molecule has 7 nitrogen and oxygen atoms in total. The lowest BCUT2D eigenvalue weighted by Gasteiger charge is -2.05. The van der Waals surface area contributed by atoms with Crippen LogP contribution in [0.1, 0.15) is 10.4 Å². The second-order valence-electron chi connectivity index (χ2n) is 3.53. The molecule has 18 heavy (non-hydrogen) atoms. The predicted molar refractivity (Wildman–Crippen MR) is 65.8 cm³/mol. The van der Waals surface area contributed by atoms with Gasteiger partial charge in [0.1, 0.15) is 0 Å². The van der Waals surface area contributed by atoms with Gasteiger partial charge in [0.25, 0.3) is 0 Å². The number of nitrogen functional groups attached to an aromatic ring is 1. The molecule has 4 N–H and O–H groups in total. The molecule has 1 aromatic heterocycles. The van der Waals surface area contributed by atoms with E-state index in [1.54, 1.807) is 13.1 Å². The zero-order chi connectivity index (χ0) is 13.3. The molecule has 0 saturated carbocycles. The van der Waals surface area contributed by atoms with Gasteiger partial charge in [0, 0.05) is 17.6 Å². The van der Waals surface area contributed by atoms with E-state index in [9.17, 15) is 9.59 Å². The summed E-state index contributed by atoms with van der Waals surface area (Å²) in [4.78, 5) is 22.6. The SMILES string of the molecule is Cn1c(Sc2ccc(C(=O)O)cc2N)n[nH]c1=O. The molecule has 0 bridgehead atoms. The largest absolute Gasteiger partial charge is 0.478 e. The number of carbonyl (C=O) groups is 1. The Balaban J connectivity index is 2.33. The molecule has 0 unspecified atom stereocenters. The summed E-state index contributed by atoms with van der Waals surface area (Å²) in [5.74, 6) is -1.04. The van der Waals surface area contributed by atoms with Crippen molar-refractivity contribution in [1.29, 1.82) is 0 Å². The summed E-state index contributed by atoms with van der Waals surface area (Å²) >= 11 is 1.18. The maximum absolute atomic E-state index is 11.2. The topological polar surface area (TPSA) is 114 Å². The third kappa shape index (κ3) is 2.23. The Labute approximate surface area is 106 Å². The molecular formula is C10H10N4O3S. The standard InChI is InChI=1S/C10H10N4O3S/c1-14-9(17)12-13-10(14)18-7-3-2-5(8(15)16)4-6(7)11/h2-4H,11H2,1H3,(H,12,17)(H,15,16). The minimum absolute atomic E-state index is 0.118. The molecule has 1 heterocycles. The van der Waals surface area contributed by atoms with E-state index in [2.05, 4.69) is 10.2 Å². The van der Waals surface area contributed by atoms with Crippen LogP contribution in [-0.4, -0.2) is 25.8 Å². The van der Waals surface area contributed by atoms with Gasteiger partial charge in [-0.2, -0.15) is 0 Å². The molecule has 0 aliphatic heterocycles. The Morgan fingerprint density at radius 1 is 1.56 bits per heavy atom. The van der Waals surface area contributed by atoms with Gasteiger partial charge >= 0.3 is 11.7 Å². The van der Waals surface area contributed by atoms with Crippen molar-refractivity contribution < 1.29 is 9.90 Å². The number of H-pyrrole nitrogens is 1. The molecule has 0 saturated heterocycles. The zero-order valence-electron chi connectivity index (χ0n) is 9.38. The zero-order valence-corrected chi connectivity index (χ0v) is 10.2. The van der Waals surface area contributed by atoms with Crippen LogP contribution in [0.15, 0.2) is 33.0 Å². The Morgan fingerprint density at radius 3 is 2.78 bits per heavy atom. The summed E-state index contributed by atoms with van der Waals surface area (Å²) in [6, 6.07) is 4.41. The summed E-state index contributed by atoms with van der Waals surface area (Å²) in [6.07, 6.45) is 0. The van der Waals surface area contributed by atoms with E-state index in [0.717, 1.165) is 0 Å². The summed E-state index contributed by atoms with van der Waals surface area (Å²) in [5, 5.41) is 15.4. The average molecular weight is 266 g/mol. The van der Waals surface area contributed by atoms with Gasteiger partial charge in [-0.1, -0.05) is 0 Å². The van der Waals surface area contributed by atoms with Gasteiger partial charge in [0.2, 0.25) is 0 Å². The van der Waals surface area contributed by atoms with E-state index >= 15 is 0 Å². The average Bonchev–Trinajstić information content (AvgIpc) is 2.63. The molecule has 0 radical (unpaired) electrons. The molecule has 0 amide bonds. The van der Waals surface area contributed by atoms with Crippen LogP contribution < -0.4 is 11.4 Å². The molecule has 1 aromatic carbocycles. The van der Waals surface area contributed by atoms with Crippen molar-refractivity contribution >= 4 is 23.4 Å². The highest BCUT2D eigenvalue weighted by Crippen LogP contribution is 2.30. The number of aromatic amines is 1. The number of carboxylic acid groups (broad SMARTS) is 1. The van der Waals surface area contributed by atoms with Crippen molar-refractivity contribution in [2.24, 2.45) is 7.05 Å². The van der Waals surface area contributed by atoms with Gasteiger partial charge in [0.15, 0.2) is 5.16 Å². The molecule has 8 heteroatoms. The van der Waals surface area contributed by atoms with Crippen molar-refractivity contribution in [3.63, 3.8) is 0 Å². The van der Waals surface area contributed by atoms with Crippen molar-refractivity contribution in [3.05, 3.63) is 34.2 Å². The van der Waals surface area contributed by atoms with Crippen LogP contribution in [0.5, 0.6) is 0 Å². The van der Waals surface area contributed by atoms with E-state index in [4.69, 9.17) is 10.8 Å². The van der Waals surface area contributed by atoms with Crippen molar-refractivity contribution in [1.82, 2.24) is 14.8 Å². The third-order valence-electron chi connectivity index (χ3n) is 2.30. The highest BCUT2D eigenvalue weighted by Gasteiger charge is 2.11. The molecule has 0 atom stereocenters. The molecule has 2 rings (SSSR count). The molecule has 0 aliphatic carbocycles. The summed E-state index contributed by atoms with van der Waals surface area (Å²) in [7, 11) is 1.58. The van der Waals surface area contributed by atoms with E-state index in [-0.39, 0.29) is 11.3 Å². The number of benzene rings is 1. The quantitative estimate of drug-likeness (QED) is 0.699. The summed E-state index contributed by atoms with van der Waals surface area (Å²) in [5.41, 5.74) is 5.88. The van der Waals surface area contributed by atoms with Crippen LogP contribution in [0.3, 0.4) is 0 Å². The fraction of sp³-hybridized carbons (Fsp3) is 0.100. The number of hydrogen-bond donors (Lipinski definition) is 3. The van der Waals surface area contributed by atoms with Gasteiger partial charge < -0.3 is 10.8 Å². The lowest BCUT2D eigenvalue weighted by Crippen LogP contribution is -2.12. The van der Waals surface area contributed by atoms with Crippen LogP contribution in [0.2, 0.25) is 0 Å². The first-order valence-corrected chi connectivity index (χ1v) is 5.72. The van der Waals surface area contributed by atoms with Crippen molar-refractivity contribution in [2.45, 2.75) is 10.1 Å². The molecule has 94 valence electrons.